The molecule has 19 heavy (non-hydrogen) atoms. The third-order valence-electron chi connectivity index (χ3n) is 2.82. The monoisotopic (exact) mass is 271 g/mol. The molecule has 96 valence electrons. The fraction of sp³-hybridized carbons (Fsp3) is 0.154. The van der Waals surface area contributed by atoms with E-state index in [9.17, 15) is 0 Å². The van der Waals surface area contributed by atoms with E-state index in [1.54, 1.807) is 24.0 Å². The molecule has 1 aromatic carbocycles. The maximum atomic E-state index is 4.10. The number of aromatic nitrogens is 4. The number of benzene rings is 1. The van der Waals surface area contributed by atoms with Crippen LogP contribution in [0.25, 0.3) is 5.69 Å². The van der Waals surface area contributed by atoms with Crippen molar-refractivity contribution in [1.29, 1.82) is 0 Å². The Morgan fingerprint density at radius 1 is 1.26 bits per heavy atom. The minimum Gasteiger partial charge on any atom is -0.378 e. The van der Waals surface area contributed by atoms with Crippen LogP contribution in [0.3, 0.4) is 0 Å². The highest BCUT2D eigenvalue weighted by Gasteiger charge is 2.07. The zero-order valence-electron chi connectivity index (χ0n) is 10.4. The number of nitrogens with one attached hydrogen (secondary N) is 1. The van der Waals surface area contributed by atoms with Crippen molar-refractivity contribution in [3.63, 3.8) is 0 Å². The fourth-order valence-corrected chi connectivity index (χ4v) is 2.48. The van der Waals surface area contributed by atoms with E-state index < -0.39 is 0 Å². The van der Waals surface area contributed by atoms with Crippen molar-refractivity contribution in [2.45, 2.75) is 13.0 Å². The molecule has 0 bridgehead atoms. The van der Waals surface area contributed by atoms with E-state index in [0.29, 0.717) is 0 Å². The van der Waals surface area contributed by atoms with Crippen molar-refractivity contribution >= 4 is 17.0 Å². The van der Waals surface area contributed by atoms with E-state index in [1.165, 1.54) is 4.88 Å². The van der Waals surface area contributed by atoms with Gasteiger partial charge in [-0.3, -0.25) is 9.55 Å². The van der Waals surface area contributed by atoms with Gasteiger partial charge in [0.15, 0.2) is 0 Å². The molecule has 3 rings (SSSR count). The maximum absolute atomic E-state index is 4.10. The topological polar surface area (TPSA) is 55.6 Å². The second-order valence-electron chi connectivity index (χ2n) is 4.19. The molecule has 0 amide bonds. The van der Waals surface area contributed by atoms with Gasteiger partial charge in [0.25, 0.3) is 0 Å². The summed E-state index contributed by atoms with van der Waals surface area (Å²) in [4.78, 5) is 5.32. The van der Waals surface area contributed by atoms with Crippen LogP contribution in [0.1, 0.15) is 17.8 Å². The van der Waals surface area contributed by atoms with Gasteiger partial charge in [-0.15, -0.1) is 21.5 Å². The van der Waals surface area contributed by atoms with Crippen LogP contribution in [-0.4, -0.2) is 19.7 Å². The maximum Gasteiger partial charge on any atom is 0.123 e. The summed E-state index contributed by atoms with van der Waals surface area (Å²) in [5.74, 6) is 0. The van der Waals surface area contributed by atoms with Gasteiger partial charge in [0, 0.05) is 16.8 Å². The van der Waals surface area contributed by atoms with Gasteiger partial charge in [-0.25, -0.2) is 0 Å². The molecule has 6 heteroatoms. The number of hydrogen-bond donors (Lipinski definition) is 1. The van der Waals surface area contributed by atoms with E-state index in [2.05, 4.69) is 33.5 Å². The van der Waals surface area contributed by atoms with E-state index in [0.717, 1.165) is 11.4 Å². The van der Waals surface area contributed by atoms with Crippen molar-refractivity contribution in [3.05, 3.63) is 53.5 Å². The largest absolute Gasteiger partial charge is 0.378 e. The van der Waals surface area contributed by atoms with Crippen LogP contribution < -0.4 is 5.32 Å². The van der Waals surface area contributed by atoms with E-state index in [-0.39, 0.29) is 6.04 Å². The molecule has 0 saturated carbocycles. The standard InChI is InChI=1S/C13H13N5S/c1-10(13-6-14-9-19-13)17-11-3-2-4-12(5-11)18-7-15-16-8-18/h2-10,17H,1H3. The molecule has 0 spiro atoms. The fourth-order valence-electron chi connectivity index (χ4n) is 1.85. The molecule has 0 aliphatic rings. The lowest BCUT2D eigenvalue weighted by atomic mass is 10.2. The molecular formula is C13H13N5S. The molecule has 0 fully saturated rings. The van der Waals surface area contributed by atoms with Gasteiger partial charge in [0.05, 0.1) is 17.2 Å². The molecule has 5 nitrogen and oxygen atoms in total. The van der Waals surface area contributed by atoms with E-state index in [1.807, 2.05) is 34.5 Å². The number of thiazole rings is 1. The summed E-state index contributed by atoms with van der Waals surface area (Å²) in [5, 5.41) is 11.1. The van der Waals surface area contributed by atoms with Crippen LogP contribution in [0.4, 0.5) is 5.69 Å². The Balaban J connectivity index is 1.80. The minimum absolute atomic E-state index is 0.240. The first kappa shape index (κ1) is 11.9. The second kappa shape index (κ2) is 5.19. The van der Waals surface area contributed by atoms with Gasteiger partial charge >= 0.3 is 0 Å². The van der Waals surface area contributed by atoms with E-state index in [4.69, 9.17) is 0 Å². The van der Waals surface area contributed by atoms with Crippen molar-refractivity contribution < 1.29 is 0 Å². The van der Waals surface area contributed by atoms with Crippen LogP contribution in [0.5, 0.6) is 0 Å². The van der Waals surface area contributed by atoms with Crippen LogP contribution >= 0.6 is 11.3 Å². The van der Waals surface area contributed by atoms with Crippen molar-refractivity contribution in [3.8, 4) is 5.69 Å². The predicted octanol–water partition coefficient (Wildman–Crippen LogP) is 2.90. The Kier molecular flexibility index (Phi) is 3.24. The minimum atomic E-state index is 0.240. The Morgan fingerprint density at radius 2 is 2.11 bits per heavy atom. The molecule has 0 radical (unpaired) electrons. The number of hydrogen-bond acceptors (Lipinski definition) is 5. The Bertz CT molecular complexity index is 633. The van der Waals surface area contributed by atoms with Gasteiger partial charge in [0.2, 0.25) is 0 Å². The van der Waals surface area contributed by atoms with Crippen LogP contribution in [0.15, 0.2) is 48.6 Å². The molecule has 1 atom stereocenters. The molecular weight excluding hydrogens is 258 g/mol. The quantitative estimate of drug-likeness (QED) is 0.792. The third kappa shape index (κ3) is 2.63. The number of rotatable bonds is 4. The van der Waals surface area contributed by atoms with Gasteiger partial charge in [-0.05, 0) is 25.1 Å². The average Bonchev–Trinajstić information content (AvgIpc) is 3.13. The number of anilines is 1. The van der Waals surface area contributed by atoms with Gasteiger partial charge in [0.1, 0.15) is 12.7 Å². The lowest BCUT2D eigenvalue weighted by Crippen LogP contribution is -2.05. The first-order valence-electron chi connectivity index (χ1n) is 5.93. The highest BCUT2D eigenvalue weighted by Crippen LogP contribution is 2.23. The van der Waals surface area contributed by atoms with Gasteiger partial charge in [-0.2, -0.15) is 0 Å². The summed E-state index contributed by atoms with van der Waals surface area (Å²) in [6, 6.07) is 8.39. The summed E-state index contributed by atoms with van der Waals surface area (Å²) in [6.45, 7) is 2.12. The highest BCUT2D eigenvalue weighted by molar-refractivity contribution is 7.09. The molecule has 0 saturated heterocycles. The van der Waals surface area contributed by atoms with Crippen molar-refractivity contribution in [2.24, 2.45) is 0 Å². The zero-order chi connectivity index (χ0) is 13.1. The number of nitrogens with zero attached hydrogens (tertiary/aromatic N) is 4. The molecule has 0 aliphatic carbocycles. The summed E-state index contributed by atoms with van der Waals surface area (Å²) in [5.41, 5.74) is 3.94. The smallest absolute Gasteiger partial charge is 0.123 e. The van der Waals surface area contributed by atoms with Crippen LogP contribution in [0.2, 0.25) is 0 Å². The Labute approximate surface area is 115 Å². The summed E-state index contributed by atoms with van der Waals surface area (Å²) >= 11 is 1.65. The molecule has 3 aromatic rings. The summed E-state index contributed by atoms with van der Waals surface area (Å²) in [7, 11) is 0. The SMILES string of the molecule is CC(Nc1cccc(-n2cnnc2)c1)c1cncs1. The lowest BCUT2D eigenvalue weighted by molar-refractivity contribution is 0.902. The second-order valence-corrected chi connectivity index (χ2v) is 5.11. The van der Waals surface area contributed by atoms with Gasteiger partial charge < -0.3 is 5.32 Å². The lowest BCUT2D eigenvalue weighted by Gasteiger charge is -2.14. The normalized spacial score (nSPS) is 12.3. The average molecular weight is 271 g/mol. The zero-order valence-corrected chi connectivity index (χ0v) is 11.2. The Hall–Kier alpha value is -2.21. The molecule has 1 unspecified atom stereocenters. The summed E-state index contributed by atoms with van der Waals surface area (Å²) in [6.07, 6.45) is 5.27. The summed E-state index contributed by atoms with van der Waals surface area (Å²) < 4.78 is 1.88. The molecule has 2 aromatic heterocycles. The van der Waals surface area contributed by atoms with Crippen molar-refractivity contribution in [2.75, 3.05) is 5.32 Å². The highest BCUT2D eigenvalue weighted by atomic mass is 32.1. The first-order chi connectivity index (χ1) is 9.33. The Morgan fingerprint density at radius 3 is 2.84 bits per heavy atom. The molecule has 1 N–H and O–H groups in total. The predicted molar refractivity (Wildman–Crippen MR) is 75.5 cm³/mol. The van der Waals surface area contributed by atoms with E-state index >= 15 is 0 Å². The van der Waals surface area contributed by atoms with Crippen molar-refractivity contribution in [1.82, 2.24) is 19.7 Å². The van der Waals surface area contributed by atoms with Gasteiger partial charge in [-0.1, -0.05) is 6.07 Å². The molecule has 2 heterocycles. The van der Waals surface area contributed by atoms with Crippen LogP contribution in [0, 0.1) is 0 Å². The van der Waals surface area contributed by atoms with Crippen LogP contribution in [-0.2, 0) is 0 Å². The first-order valence-corrected chi connectivity index (χ1v) is 6.81. The molecule has 0 aliphatic heterocycles. The third-order valence-corrected chi connectivity index (χ3v) is 3.78.